The van der Waals surface area contributed by atoms with Gasteiger partial charge in [0.2, 0.25) is 5.91 Å². The molecule has 7 heteroatoms. The molecule has 3 heterocycles. The monoisotopic (exact) mass is 453 g/mol. The van der Waals surface area contributed by atoms with E-state index in [1.165, 1.54) is 0 Å². The second kappa shape index (κ2) is 9.97. The van der Waals surface area contributed by atoms with Crippen molar-refractivity contribution in [2.75, 3.05) is 6.54 Å². The predicted octanol–water partition coefficient (Wildman–Crippen LogP) is 3.88. The van der Waals surface area contributed by atoms with Gasteiger partial charge in [0.1, 0.15) is 5.69 Å². The number of aromatic nitrogens is 3. The average Bonchev–Trinajstić information content (AvgIpc) is 3.32. The lowest BCUT2D eigenvalue weighted by atomic mass is 9.88. The Morgan fingerprint density at radius 1 is 1.00 bits per heavy atom. The van der Waals surface area contributed by atoms with Gasteiger partial charge in [0.15, 0.2) is 5.78 Å². The number of fused-ring (bicyclic) bond motifs is 1. The second-order valence-electron chi connectivity index (χ2n) is 8.80. The van der Waals surface area contributed by atoms with Crippen molar-refractivity contribution in [2.24, 2.45) is 5.92 Å². The molecule has 0 aliphatic carbocycles. The molecule has 1 aliphatic rings. The number of rotatable bonds is 7. The fourth-order valence-corrected chi connectivity index (χ4v) is 4.52. The van der Waals surface area contributed by atoms with Crippen molar-refractivity contribution in [3.8, 4) is 11.3 Å². The molecule has 7 nitrogen and oxygen atoms in total. The van der Waals surface area contributed by atoms with E-state index in [2.05, 4.69) is 25.8 Å². The van der Waals surface area contributed by atoms with Crippen LogP contribution in [0.15, 0.2) is 73.1 Å². The van der Waals surface area contributed by atoms with Gasteiger partial charge in [0.25, 0.3) is 0 Å². The van der Waals surface area contributed by atoms with E-state index in [9.17, 15) is 9.59 Å². The number of nitrogens with zero attached hydrogens (tertiary/aromatic N) is 2. The fourth-order valence-electron chi connectivity index (χ4n) is 4.52. The van der Waals surface area contributed by atoms with Crippen molar-refractivity contribution >= 4 is 22.6 Å². The summed E-state index contributed by atoms with van der Waals surface area (Å²) in [5, 5.41) is 14.7. The summed E-state index contributed by atoms with van der Waals surface area (Å²) in [6.07, 6.45) is 5.50. The van der Waals surface area contributed by atoms with Crippen molar-refractivity contribution < 1.29 is 9.59 Å². The van der Waals surface area contributed by atoms with E-state index in [1.54, 1.807) is 12.4 Å². The summed E-state index contributed by atoms with van der Waals surface area (Å²) in [5.41, 5.74) is 4.44. The molecule has 5 rings (SSSR count). The number of nitrogens with one attached hydrogen (secondary N) is 3. The third-order valence-corrected chi connectivity index (χ3v) is 6.46. The Kier molecular flexibility index (Phi) is 6.44. The summed E-state index contributed by atoms with van der Waals surface area (Å²) in [4.78, 5) is 29.6. The van der Waals surface area contributed by atoms with Crippen LogP contribution in [0.4, 0.5) is 0 Å². The van der Waals surface area contributed by atoms with E-state index in [1.807, 2.05) is 60.7 Å². The van der Waals surface area contributed by atoms with Gasteiger partial charge >= 0.3 is 0 Å². The van der Waals surface area contributed by atoms with E-state index in [4.69, 9.17) is 0 Å². The second-order valence-corrected chi connectivity index (χ2v) is 8.80. The number of hydrogen-bond acceptors (Lipinski definition) is 5. The Balaban J connectivity index is 1.17. The first-order valence-electron chi connectivity index (χ1n) is 11.6. The van der Waals surface area contributed by atoms with Crippen LogP contribution in [0.25, 0.3) is 22.2 Å². The van der Waals surface area contributed by atoms with Gasteiger partial charge in [-0.05, 0) is 61.2 Å². The Bertz CT molecular complexity index is 1280. The summed E-state index contributed by atoms with van der Waals surface area (Å²) in [6.45, 7) is 1.18. The van der Waals surface area contributed by atoms with Crippen molar-refractivity contribution in [3.05, 3.63) is 84.2 Å². The normalized spacial score (nSPS) is 18.0. The van der Waals surface area contributed by atoms with E-state index >= 15 is 0 Å². The van der Waals surface area contributed by atoms with Gasteiger partial charge in [-0.25, -0.2) is 0 Å². The van der Waals surface area contributed by atoms with E-state index in [0.717, 1.165) is 40.6 Å². The van der Waals surface area contributed by atoms with Crippen LogP contribution in [0.2, 0.25) is 0 Å². The summed E-state index contributed by atoms with van der Waals surface area (Å²) >= 11 is 0. The van der Waals surface area contributed by atoms with Crippen molar-refractivity contribution in [1.29, 1.82) is 0 Å². The molecular weight excluding hydrogens is 426 g/mol. The van der Waals surface area contributed by atoms with E-state index in [0.29, 0.717) is 25.1 Å². The van der Waals surface area contributed by atoms with Gasteiger partial charge in [-0.2, -0.15) is 5.10 Å². The first-order chi connectivity index (χ1) is 16.7. The highest BCUT2D eigenvalue weighted by Crippen LogP contribution is 2.28. The van der Waals surface area contributed by atoms with Crippen LogP contribution in [-0.4, -0.2) is 39.5 Å². The lowest BCUT2D eigenvalue weighted by Crippen LogP contribution is -2.49. The molecule has 0 spiro atoms. The summed E-state index contributed by atoms with van der Waals surface area (Å²) in [7, 11) is 0. The van der Waals surface area contributed by atoms with Gasteiger partial charge in [-0.3, -0.25) is 19.7 Å². The zero-order valence-electron chi connectivity index (χ0n) is 18.8. The third kappa shape index (κ3) is 4.89. The zero-order chi connectivity index (χ0) is 23.3. The van der Waals surface area contributed by atoms with Gasteiger partial charge in [-0.1, -0.05) is 30.3 Å². The van der Waals surface area contributed by atoms with Crippen LogP contribution in [0.3, 0.4) is 0 Å². The molecule has 2 atom stereocenters. The summed E-state index contributed by atoms with van der Waals surface area (Å²) in [6, 6.07) is 19.2. The minimum Gasteiger partial charge on any atom is -0.351 e. The molecular formula is C27H27N5O2. The molecule has 1 fully saturated rings. The molecule has 0 saturated carbocycles. The molecule has 0 unspecified atom stereocenters. The van der Waals surface area contributed by atoms with E-state index in [-0.39, 0.29) is 23.7 Å². The van der Waals surface area contributed by atoms with Crippen LogP contribution >= 0.6 is 0 Å². The highest BCUT2D eigenvalue weighted by Gasteiger charge is 2.27. The lowest BCUT2D eigenvalue weighted by molar-refractivity contribution is -0.124. The molecule has 2 aromatic carbocycles. The highest BCUT2D eigenvalue weighted by molar-refractivity contribution is 6.02. The topological polar surface area (TPSA) is 99.8 Å². The molecule has 0 radical (unpaired) electrons. The maximum absolute atomic E-state index is 13.1. The largest absolute Gasteiger partial charge is 0.351 e. The zero-order valence-corrected chi connectivity index (χ0v) is 18.8. The average molecular weight is 454 g/mol. The number of aromatic amines is 1. The third-order valence-electron chi connectivity index (χ3n) is 6.46. The number of carbonyl (C=O) groups is 2. The molecule has 34 heavy (non-hydrogen) atoms. The smallest absolute Gasteiger partial charge is 0.237 e. The number of Topliss-reactive ketones (excluding diaryl/α,β-unsaturated/α-hetero) is 1. The molecule has 4 aromatic rings. The minimum absolute atomic E-state index is 0.0164. The first-order valence-corrected chi connectivity index (χ1v) is 11.6. The van der Waals surface area contributed by atoms with Crippen LogP contribution in [0.1, 0.15) is 35.2 Å². The number of carbonyl (C=O) groups excluding carboxylic acids is 2. The molecule has 2 aromatic heterocycles. The number of piperidine rings is 1. The molecule has 3 N–H and O–H groups in total. The minimum atomic E-state index is -0.208. The van der Waals surface area contributed by atoms with Gasteiger partial charge < -0.3 is 10.6 Å². The number of pyridine rings is 1. The number of amides is 1. The maximum atomic E-state index is 13.1. The van der Waals surface area contributed by atoms with Gasteiger partial charge in [0.05, 0.1) is 11.6 Å². The first kappa shape index (κ1) is 22.0. The van der Waals surface area contributed by atoms with Gasteiger partial charge in [0, 0.05) is 41.9 Å². The van der Waals surface area contributed by atoms with Crippen LogP contribution < -0.4 is 10.6 Å². The van der Waals surface area contributed by atoms with Crippen LogP contribution in [0.5, 0.6) is 0 Å². The summed E-state index contributed by atoms with van der Waals surface area (Å²) in [5.74, 6) is 0.343. The van der Waals surface area contributed by atoms with Crippen molar-refractivity contribution in [3.63, 3.8) is 0 Å². The Hall–Kier alpha value is -3.84. The van der Waals surface area contributed by atoms with Gasteiger partial charge in [-0.15, -0.1) is 0 Å². The number of ketones is 1. The quantitative estimate of drug-likeness (QED) is 0.369. The summed E-state index contributed by atoms with van der Waals surface area (Å²) < 4.78 is 0. The Morgan fingerprint density at radius 2 is 1.82 bits per heavy atom. The van der Waals surface area contributed by atoms with Crippen LogP contribution in [-0.2, 0) is 11.3 Å². The number of H-pyrrole nitrogens is 1. The van der Waals surface area contributed by atoms with Crippen molar-refractivity contribution in [2.45, 2.75) is 31.8 Å². The highest BCUT2D eigenvalue weighted by atomic mass is 16.2. The SMILES string of the molecule is O=C(C[C@@H]1CC[C@@H](C(=O)NCc2ccccc2)NC1)c1ccc2[nH]nc(-c3ccncc3)c2c1. The fraction of sp³-hybridized carbons (Fsp3) is 0.259. The molecule has 1 amide bonds. The molecule has 172 valence electrons. The lowest BCUT2D eigenvalue weighted by Gasteiger charge is -2.28. The maximum Gasteiger partial charge on any atom is 0.237 e. The van der Waals surface area contributed by atoms with Crippen molar-refractivity contribution in [1.82, 2.24) is 25.8 Å². The Morgan fingerprint density at radius 3 is 2.59 bits per heavy atom. The predicted molar refractivity (Wildman–Crippen MR) is 131 cm³/mol. The standard InChI is InChI=1S/C27H27N5O2/c33-25(21-7-9-23-22(15-21)26(32-31-23)20-10-12-28-13-11-20)14-19-6-8-24(29-17-19)27(34)30-16-18-4-2-1-3-5-18/h1-5,7,9-13,15,19,24,29H,6,8,14,16-17H2,(H,30,34)(H,31,32)/t19-,24-/m0/s1. The van der Waals surface area contributed by atoms with Crippen LogP contribution in [0, 0.1) is 5.92 Å². The molecule has 1 aliphatic heterocycles. The number of benzene rings is 2. The van der Waals surface area contributed by atoms with E-state index < -0.39 is 0 Å². The molecule has 1 saturated heterocycles. The number of hydrogen-bond donors (Lipinski definition) is 3. The Labute approximate surface area is 198 Å². The molecule has 0 bridgehead atoms.